The molecule has 0 fully saturated rings. The standard InChI is InChI=1S/C31H26Br2N2O4S2/c1-4-38-30(37)26-18(2)34-31-35(27(26)20-10-12-23(40-3)13-11-20)29(36)25(41-31)15-21-14-22(32)16-24(33)28(21)39-17-19-8-6-5-7-9-19/h5-16,27H,4,17H2,1-3H3/b25-15-/t27-/m1/s1. The van der Waals surface area contributed by atoms with Crippen molar-refractivity contribution in [3.63, 3.8) is 0 Å². The number of carbonyl (C=O) groups excluding carboxylic acids is 1. The van der Waals surface area contributed by atoms with Crippen LogP contribution in [0, 0.1) is 0 Å². The number of aromatic nitrogens is 1. The van der Waals surface area contributed by atoms with Crippen molar-refractivity contribution in [2.24, 2.45) is 4.99 Å². The second kappa shape index (κ2) is 12.9. The molecule has 0 amide bonds. The lowest BCUT2D eigenvalue weighted by Gasteiger charge is -2.24. The number of carbonyl (C=O) groups is 1. The summed E-state index contributed by atoms with van der Waals surface area (Å²) in [5.74, 6) is 0.143. The first-order chi connectivity index (χ1) is 19.8. The lowest BCUT2D eigenvalue weighted by atomic mass is 9.96. The highest BCUT2D eigenvalue weighted by Crippen LogP contribution is 2.35. The Kier molecular flexibility index (Phi) is 9.33. The first kappa shape index (κ1) is 29.6. The largest absolute Gasteiger partial charge is 0.487 e. The molecule has 1 aliphatic rings. The highest BCUT2D eigenvalue weighted by molar-refractivity contribution is 9.11. The third-order valence-electron chi connectivity index (χ3n) is 6.50. The van der Waals surface area contributed by atoms with Crippen molar-refractivity contribution < 1.29 is 14.3 Å². The Hall–Kier alpha value is -2.92. The zero-order valence-electron chi connectivity index (χ0n) is 22.5. The van der Waals surface area contributed by atoms with Gasteiger partial charge in [-0.15, -0.1) is 11.8 Å². The molecule has 5 rings (SSSR count). The highest BCUT2D eigenvalue weighted by Gasteiger charge is 2.33. The van der Waals surface area contributed by atoms with Crippen molar-refractivity contribution in [1.82, 2.24) is 4.57 Å². The SMILES string of the molecule is CCOC(=O)C1=C(C)N=c2s/c(=C\c3cc(Br)cc(Br)c3OCc3ccccc3)c(=O)n2[C@@H]1c1ccc(SC)cc1. The lowest BCUT2D eigenvalue weighted by molar-refractivity contribution is -0.139. The maximum absolute atomic E-state index is 14.1. The summed E-state index contributed by atoms with van der Waals surface area (Å²) in [5.41, 5.74) is 3.22. The Bertz CT molecular complexity index is 1810. The Labute approximate surface area is 262 Å². The molecular weight excluding hydrogens is 688 g/mol. The molecule has 0 aliphatic carbocycles. The molecule has 0 N–H and O–H groups in total. The first-order valence-electron chi connectivity index (χ1n) is 12.8. The van der Waals surface area contributed by atoms with Gasteiger partial charge in [0.2, 0.25) is 0 Å². The van der Waals surface area contributed by atoms with Gasteiger partial charge in [-0.25, -0.2) is 9.79 Å². The molecule has 2 heterocycles. The summed E-state index contributed by atoms with van der Waals surface area (Å²) in [7, 11) is 0. The van der Waals surface area contributed by atoms with Crippen LogP contribution in [0.3, 0.4) is 0 Å². The number of hydrogen-bond donors (Lipinski definition) is 0. The molecule has 0 radical (unpaired) electrons. The van der Waals surface area contributed by atoms with Gasteiger partial charge < -0.3 is 9.47 Å². The molecule has 0 saturated heterocycles. The van der Waals surface area contributed by atoms with Gasteiger partial charge in [0, 0.05) is 14.9 Å². The minimum atomic E-state index is -0.661. The monoisotopic (exact) mass is 712 g/mol. The summed E-state index contributed by atoms with van der Waals surface area (Å²) in [5, 5.41) is 0. The first-order valence-corrected chi connectivity index (χ1v) is 16.4. The maximum atomic E-state index is 14.1. The average molecular weight is 715 g/mol. The van der Waals surface area contributed by atoms with Crippen LogP contribution in [-0.2, 0) is 16.1 Å². The molecule has 10 heteroatoms. The highest BCUT2D eigenvalue weighted by atomic mass is 79.9. The van der Waals surface area contributed by atoms with E-state index in [9.17, 15) is 9.59 Å². The molecule has 0 spiro atoms. The number of esters is 1. The fraction of sp³-hybridized carbons (Fsp3) is 0.194. The second-order valence-electron chi connectivity index (χ2n) is 9.16. The van der Waals surface area contributed by atoms with Gasteiger partial charge in [-0.3, -0.25) is 9.36 Å². The number of benzene rings is 3. The predicted molar refractivity (Wildman–Crippen MR) is 171 cm³/mol. The van der Waals surface area contributed by atoms with E-state index in [1.807, 2.05) is 79.1 Å². The zero-order valence-corrected chi connectivity index (χ0v) is 27.3. The summed E-state index contributed by atoms with van der Waals surface area (Å²) in [4.78, 5) is 33.5. The molecule has 0 unspecified atom stereocenters. The van der Waals surface area contributed by atoms with Gasteiger partial charge in [-0.1, -0.05) is 69.7 Å². The molecule has 0 bridgehead atoms. The van der Waals surface area contributed by atoms with Crippen LogP contribution >= 0.6 is 55.0 Å². The summed E-state index contributed by atoms with van der Waals surface area (Å²) >= 11 is 10.1. The quantitative estimate of drug-likeness (QED) is 0.152. The van der Waals surface area contributed by atoms with Crippen molar-refractivity contribution in [3.05, 3.63) is 123 Å². The molecule has 1 aliphatic heterocycles. The topological polar surface area (TPSA) is 69.9 Å². The smallest absolute Gasteiger partial charge is 0.338 e. The number of thiazole rings is 1. The number of nitrogens with zero attached hydrogens (tertiary/aromatic N) is 2. The van der Waals surface area contributed by atoms with Crippen molar-refractivity contribution in [2.45, 2.75) is 31.4 Å². The van der Waals surface area contributed by atoms with Gasteiger partial charge in [0.05, 0.1) is 32.9 Å². The molecule has 0 saturated carbocycles. The summed E-state index contributed by atoms with van der Waals surface area (Å²) in [6.45, 7) is 4.14. The summed E-state index contributed by atoms with van der Waals surface area (Å²) < 4.78 is 15.3. The number of halogens is 2. The minimum Gasteiger partial charge on any atom is -0.487 e. The van der Waals surface area contributed by atoms with Crippen LogP contribution in [0.2, 0.25) is 0 Å². The van der Waals surface area contributed by atoms with Crippen molar-refractivity contribution in [2.75, 3.05) is 12.9 Å². The van der Waals surface area contributed by atoms with E-state index in [1.165, 1.54) is 11.3 Å². The molecule has 1 atom stereocenters. The van der Waals surface area contributed by atoms with Crippen LogP contribution in [0.5, 0.6) is 5.75 Å². The number of allylic oxidation sites excluding steroid dienone is 1. The van der Waals surface area contributed by atoms with E-state index in [0.717, 1.165) is 30.5 Å². The van der Waals surface area contributed by atoms with Crippen LogP contribution in [-0.4, -0.2) is 23.4 Å². The van der Waals surface area contributed by atoms with Crippen LogP contribution in [0.4, 0.5) is 0 Å². The summed E-state index contributed by atoms with van der Waals surface area (Å²) in [6.07, 6.45) is 3.82. The second-order valence-corrected chi connectivity index (χ2v) is 12.8. The lowest BCUT2D eigenvalue weighted by Crippen LogP contribution is -2.39. The van der Waals surface area contributed by atoms with Gasteiger partial charge in [0.15, 0.2) is 4.80 Å². The molecule has 41 heavy (non-hydrogen) atoms. The van der Waals surface area contributed by atoms with Crippen LogP contribution < -0.4 is 19.6 Å². The van der Waals surface area contributed by atoms with Gasteiger partial charge in [0.25, 0.3) is 5.56 Å². The number of fused-ring (bicyclic) bond motifs is 1. The van der Waals surface area contributed by atoms with E-state index in [0.29, 0.717) is 33.0 Å². The van der Waals surface area contributed by atoms with Gasteiger partial charge in [-0.2, -0.15) is 0 Å². The Morgan fingerprint density at radius 3 is 2.54 bits per heavy atom. The van der Waals surface area contributed by atoms with E-state index >= 15 is 0 Å². The average Bonchev–Trinajstić information content (AvgIpc) is 3.26. The zero-order chi connectivity index (χ0) is 29.1. The van der Waals surface area contributed by atoms with E-state index < -0.39 is 12.0 Å². The van der Waals surface area contributed by atoms with Crippen molar-refractivity contribution in [1.29, 1.82) is 0 Å². The number of rotatable bonds is 8. The van der Waals surface area contributed by atoms with Crippen LogP contribution in [0.25, 0.3) is 6.08 Å². The fourth-order valence-electron chi connectivity index (χ4n) is 4.60. The number of thioether (sulfide) groups is 1. The molecule has 3 aromatic carbocycles. The fourth-order valence-corrected chi connectivity index (χ4v) is 7.42. The van der Waals surface area contributed by atoms with Gasteiger partial charge >= 0.3 is 5.97 Å². The Balaban J connectivity index is 1.65. The maximum Gasteiger partial charge on any atom is 0.338 e. The third-order valence-corrected chi connectivity index (χ3v) is 9.27. The Morgan fingerprint density at radius 1 is 1.12 bits per heavy atom. The normalized spacial score (nSPS) is 15.0. The van der Waals surface area contributed by atoms with E-state index in [-0.39, 0.29) is 12.2 Å². The van der Waals surface area contributed by atoms with Gasteiger partial charge in [-0.05, 0) is 77.5 Å². The van der Waals surface area contributed by atoms with Gasteiger partial charge in [0.1, 0.15) is 12.4 Å². The molecule has 1 aromatic heterocycles. The van der Waals surface area contributed by atoms with Crippen molar-refractivity contribution >= 4 is 67.0 Å². The Morgan fingerprint density at radius 2 is 1.85 bits per heavy atom. The molecule has 6 nitrogen and oxygen atoms in total. The van der Waals surface area contributed by atoms with E-state index in [2.05, 4.69) is 36.9 Å². The predicted octanol–water partition coefficient (Wildman–Crippen LogP) is 6.62. The minimum absolute atomic E-state index is 0.224. The van der Waals surface area contributed by atoms with Crippen molar-refractivity contribution in [3.8, 4) is 5.75 Å². The van der Waals surface area contributed by atoms with Crippen LogP contribution in [0.1, 0.15) is 36.6 Å². The molecular formula is C31H26Br2N2O4S2. The molecule has 4 aromatic rings. The molecule has 210 valence electrons. The number of hydrogen-bond acceptors (Lipinski definition) is 7. The van der Waals surface area contributed by atoms with E-state index in [1.54, 1.807) is 30.2 Å². The van der Waals surface area contributed by atoms with E-state index in [4.69, 9.17) is 9.47 Å². The van der Waals surface area contributed by atoms with Crippen LogP contribution in [0.15, 0.2) is 102 Å². The summed E-state index contributed by atoms with van der Waals surface area (Å²) in [6, 6.07) is 20.9. The third kappa shape index (κ3) is 6.30. The number of ether oxygens (including phenoxy) is 2.